The number of amides is 1. The summed E-state index contributed by atoms with van der Waals surface area (Å²) in [5, 5.41) is 18.1. The lowest BCUT2D eigenvalue weighted by Crippen LogP contribution is -2.34. The van der Waals surface area contributed by atoms with Crippen LogP contribution < -0.4 is 25.4 Å². The maximum atomic E-state index is 11.8. The van der Waals surface area contributed by atoms with Crippen molar-refractivity contribution in [1.29, 1.82) is 0 Å². The molecule has 214 valence electrons. The summed E-state index contributed by atoms with van der Waals surface area (Å²) in [7, 11) is 3.31. The Balaban J connectivity index is 1.61. The summed E-state index contributed by atoms with van der Waals surface area (Å²) in [5.41, 5.74) is 1.91. The van der Waals surface area contributed by atoms with Gasteiger partial charge < -0.3 is 35.3 Å². The largest absolute Gasteiger partial charge is 0.493 e. The molecule has 4 N–H and O–H groups in total. The van der Waals surface area contributed by atoms with Gasteiger partial charge in [0.05, 0.1) is 20.2 Å². The van der Waals surface area contributed by atoms with Crippen LogP contribution in [0.1, 0.15) is 26.3 Å². The Morgan fingerprint density at radius 2 is 1.68 bits per heavy atom. The van der Waals surface area contributed by atoms with Crippen LogP contribution in [-0.4, -0.2) is 71.5 Å². The number of carbonyl (C=O) groups excluding carboxylic acids is 1. The number of carboxylic acids is 1. The number of hydrogen-bond donors (Lipinski definition) is 4. The van der Waals surface area contributed by atoms with E-state index in [2.05, 4.69) is 25.9 Å². The first kappa shape index (κ1) is 30.0. The highest BCUT2D eigenvalue weighted by molar-refractivity contribution is 5.69. The summed E-state index contributed by atoms with van der Waals surface area (Å²) in [5.74, 6) is 1.30. The number of benzene rings is 2. The van der Waals surface area contributed by atoms with E-state index in [4.69, 9.17) is 19.3 Å². The Morgan fingerprint density at radius 1 is 0.975 bits per heavy atom. The van der Waals surface area contributed by atoms with Crippen LogP contribution in [0.15, 0.2) is 54.9 Å². The number of methoxy groups -OCH3 is 1. The molecule has 1 amide bonds. The molecule has 0 atom stereocenters. The summed E-state index contributed by atoms with van der Waals surface area (Å²) in [6.45, 7) is 6.32. The molecule has 0 aliphatic carbocycles. The first-order chi connectivity index (χ1) is 19.0. The van der Waals surface area contributed by atoms with Crippen molar-refractivity contribution in [2.75, 3.05) is 44.5 Å². The second-order valence-corrected chi connectivity index (χ2v) is 9.95. The highest BCUT2D eigenvalue weighted by Gasteiger charge is 2.16. The van der Waals surface area contributed by atoms with E-state index in [0.29, 0.717) is 35.4 Å². The third-order valence-electron chi connectivity index (χ3n) is 5.19. The van der Waals surface area contributed by atoms with Crippen LogP contribution in [0.5, 0.6) is 11.5 Å². The Labute approximate surface area is 233 Å². The van der Waals surface area contributed by atoms with E-state index in [1.807, 2.05) is 30.3 Å². The van der Waals surface area contributed by atoms with Crippen molar-refractivity contribution in [3.05, 3.63) is 60.4 Å². The molecular weight excluding hydrogens is 516 g/mol. The van der Waals surface area contributed by atoms with Gasteiger partial charge in [0.25, 0.3) is 0 Å². The minimum absolute atomic E-state index is 0.0420. The van der Waals surface area contributed by atoms with Gasteiger partial charge in [-0.25, -0.2) is 14.8 Å². The lowest BCUT2D eigenvalue weighted by atomic mass is 10.2. The Morgan fingerprint density at radius 3 is 2.33 bits per heavy atom. The monoisotopic (exact) mass is 552 g/mol. The van der Waals surface area contributed by atoms with Crippen molar-refractivity contribution in [2.24, 2.45) is 0 Å². The molecule has 0 fully saturated rings. The second kappa shape index (κ2) is 14.0. The van der Waals surface area contributed by atoms with E-state index < -0.39 is 17.7 Å². The highest BCUT2D eigenvalue weighted by atomic mass is 16.6. The molecule has 0 saturated heterocycles. The van der Waals surface area contributed by atoms with E-state index in [0.717, 1.165) is 11.3 Å². The number of hydrogen-bond acceptors (Lipinski definition) is 10. The van der Waals surface area contributed by atoms with Crippen LogP contribution in [0.4, 0.5) is 27.8 Å². The summed E-state index contributed by atoms with van der Waals surface area (Å²) in [4.78, 5) is 33.1. The topological polar surface area (TPSA) is 147 Å². The number of carboxylic acid groups (broad SMARTS) is 1. The average molecular weight is 553 g/mol. The molecule has 2 aromatic carbocycles. The Bertz CT molecular complexity index is 1300. The smallest absolute Gasteiger partial charge is 0.407 e. The van der Waals surface area contributed by atoms with Crippen LogP contribution in [0, 0.1) is 0 Å². The number of alkyl carbamates (subject to hydrolysis) is 1. The molecule has 0 aliphatic rings. The minimum atomic E-state index is -0.872. The van der Waals surface area contributed by atoms with Gasteiger partial charge in [-0.3, -0.25) is 9.69 Å². The summed E-state index contributed by atoms with van der Waals surface area (Å²) in [6.07, 6.45) is 0.933. The molecule has 0 radical (unpaired) electrons. The molecule has 12 heteroatoms. The van der Waals surface area contributed by atoms with Crippen molar-refractivity contribution in [1.82, 2.24) is 20.2 Å². The molecule has 0 spiro atoms. The lowest BCUT2D eigenvalue weighted by molar-refractivity contribution is -0.138. The van der Waals surface area contributed by atoms with Crippen LogP contribution in [-0.2, 0) is 16.1 Å². The van der Waals surface area contributed by atoms with Crippen LogP contribution in [0.2, 0.25) is 0 Å². The number of carbonyl (C=O) groups is 2. The molecule has 0 saturated carbocycles. The van der Waals surface area contributed by atoms with Gasteiger partial charge in [-0.1, -0.05) is 12.1 Å². The van der Waals surface area contributed by atoms with Crippen LogP contribution in [0.25, 0.3) is 0 Å². The fourth-order valence-electron chi connectivity index (χ4n) is 3.63. The molecule has 1 heterocycles. The number of rotatable bonds is 13. The molecule has 12 nitrogen and oxygen atoms in total. The predicted octanol–water partition coefficient (Wildman–Crippen LogP) is 4.39. The number of aliphatic carboxylic acids is 1. The molecular formula is C28H36N6O6. The number of nitrogens with one attached hydrogen (secondary N) is 3. The highest BCUT2D eigenvalue weighted by Crippen LogP contribution is 2.31. The van der Waals surface area contributed by atoms with E-state index in [1.54, 1.807) is 58.0 Å². The standard InChI is InChI=1S/C28H36N6O6/c1-28(2,3)40-27(37)29-11-12-39-23-14-21(9-10-22(23)38-5)33-25-15-24(30-18-31-25)32-20-8-6-7-19(13-20)16-34(4)17-26(35)36/h6-10,13-15,18H,11-12,16-17H2,1-5H3,(H,29,37)(H,35,36)(H2,30,31,32,33). The van der Waals surface area contributed by atoms with Crippen LogP contribution >= 0.6 is 0 Å². The third-order valence-corrected chi connectivity index (χ3v) is 5.19. The van der Waals surface area contributed by atoms with Crippen molar-refractivity contribution < 1.29 is 28.9 Å². The fourth-order valence-corrected chi connectivity index (χ4v) is 3.63. The molecule has 0 aliphatic heterocycles. The van der Waals surface area contributed by atoms with Crippen molar-refractivity contribution in [2.45, 2.75) is 32.9 Å². The number of aromatic nitrogens is 2. The van der Waals surface area contributed by atoms with Gasteiger partial charge in [0.1, 0.15) is 30.2 Å². The summed E-state index contributed by atoms with van der Waals surface area (Å²) >= 11 is 0. The number of ether oxygens (including phenoxy) is 3. The van der Waals surface area contributed by atoms with Gasteiger partial charge >= 0.3 is 12.1 Å². The van der Waals surface area contributed by atoms with Crippen LogP contribution in [0.3, 0.4) is 0 Å². The Kier molecular flexibility index (Phi) is 10.5. The number of nitrogens with zero attached hydrogens (tertiary/aromatic N) is 3. The molecule has 3 aromatic rings. The average Bonchev–Trinajstić information content (AvgIpc) is 2.86. The maximum absolute atomic E-state index is 11.8. The molecule has 0 unspecified atom stereocenters. The zero-order chi connectivity index (χ0) is 29.1. The second-order valence-electron chi connectivity index (χ2n) is 9.95. The third kappa shape index (κ3) is 10.3. The van der Waals surface area contributed by atoms with E-state index in [-0.39, 0.29) is 19.7 Å². The molecule has 0 bridgehead atoms. The number of likely N-dealkylation sites (N-methyl/N-ethyl adjacent to an activating group) is 1. The zero-order valence-electron chi connectivity index (χ0n) is 23.4. The van der Waals surface area contributed by atoms with Crippen molar-refractivity contribution in [3.8, 4) is 11.5 Å². The van der Waals surface area contributed by atoms with Gasteiger partial charge in [-0.2, -0.15) is 0 Å². The molecule has 1 aromatic heterocycles. The quantitative estimate of drug-likeness (QED) is 0.224. The van der Waals surface area contributed by atoms with Gasteiger partial charge in [-0.15, -0.1) is 0 Å². The fraction of sp³-hybridized carbons (Fsp3) is 0.357. The molecule has 40 heavy (non-hydrogen) atoms. The summed E-state index contributed by atoms with van der Waals surface area (Å²) in [6, 6.07) is 14.8. The lowest BCUT2D eigenvalue weighted by Gasteiger charge is -2.19. The van der Waals surface area contributed by atoms with Crippen molar-refractivity contribution in [3.63, 3.8) is 0 Å². The first-order valence-electron chi connectivity index (χ1n) is 12.6. The maximum Gasteiger partial charge on any atom is 0.407 e. The number of anilines is 4. The van der Waals surface area contributed by atoms with Gasteiger partial charge in [0.2, 0.25) is 0 Å². The van der Waals surface area contributed by atoms with E-state index >= 15 is 0 Å². The predicted molar refractivity (Wildman–Crippen MR) is 152 cm³/mol. The van der Waals surface area contributed by atoms with Gasteiger partial charge in [-0.05, 0) is 57.6 Å². The first-order valence-corrected chi connectivity index (χ1v) is 12.6. The SMILES string of the molecule is COc1ccc(Nc2cc(Nc3cccc(CN(C)CC(=O)O)c3)ncn2)cc1OCCNC(=O)OC(C)(C)C. The van der Waals surface area contributed by atoms with Crippen molar-refractivity contribution >= 4 is 35.1 Å². The minimum Gasteiger partial charge on any atom is -0.493 e. The van der Waals surface area contributed by atoms with Gasteiger partial charge in [0, 0.05) is 30.1 Å². The van der Waals surface area contributed by atoms with E-state index in [9.17, 15) is 9.59 Å². The molecule has 3 rings (SSSR count). The zero-order valence-corrected chi connectivity index (χ0v) is 23.4. The summed E-state index contributed by atoms with van der Waals surface area (Å²) < 4.78 is 16.5. The Hall–Kier alpha value is -4.58. The normalized spacial score (nSPS) is 11.1. The van der Waals surface area contributed by atoms with Gasteiger partial charge in [0.15, 0.2) is 11.5 Å². The van der Waals surface area contributed by atoms with E-state index in [1.165, 1.54) is 6.33 Å².